The largest absolute Gasteiger partial charge is 0.506 e. The number of benzene rings is 13. The van der Waals surface area contributed by atoms with Gasteiger partial charge in [-0.3, -0.25) is 55.1 Å². The number of nitrogens with zero attached hydrogens (tertiary/aromatic N) is 11. The molecule has 9 aromatic heterocycles. The van der Waals surface area contributed by atoms with Crippen molar-refractivity contribution in [2.45, 2.75) is 25.7 Å². The first kappa shape index (κ1) is 104. The summed E-state index contributed by atoms with van der Waals surface area (Å²) in [6, 6.07) is 91.0. The molecule has 0 aliphatic rings. The first-order valence-corrected chi connectivity index (χ1v) is 48.5. The van der Waals surface area contributed by atoms with Gasteiger partial charge in [0, 0.05) is 134 Å². The van der Waals surface area contributed by atoms with Crippen molar-refractivity contribution in [3.05, 3.63) is 480 Å². The number of aromatic nitrogens is 9. The number of nitrogen functional groups attached to an aromatic ring is 1. The average molecular weight is 2310 g/mol. The van der Waals surface area contributed by atoms with E-state index >= 15 is 0 Å². The highest BCUT2D eigenvalue weighted by Crippen LogP contribution is 2.37. The van der Waals surface area contributed by atoms with Gasteiger partial charge in [-0.15, -0.1) is 0 Å². The lowest BCUT2D eigenvalue weighted by atomic mass is 10.0. The number of para-hydroxylation sites is 7. The second-order valence-electron chi connectivity index (χ2n) is 31.7. The lowest BCUT2D eigenvalue weighted by Crippen LogP contribution is -1.93. The third-order valence-corrected chi connectivity index (χ3v) is 24.7. The van der Waals surface area contributed by atoms with E-state index in [9.17, 15) is 53.1 Å². The number of rotatable bonds is 13. The number of nitro groups is 2. The van der Waals surface area contributed by atoms with Crippen LogP contribution in [0.2, 0.25) is 0 Å². The van der Waals surface area contributed by atoms with Gasteiger partial charge in [0.15, 0.2) is 11.5 Å². The molecular formula is C112H82Br6F4N12O10. The number of aromatic hydroxyl groups is 3. The third-order valence-electron chi connectivity index (χ3n) is 21.7. The summed E-state index contributed by atoms with van der Waals surface area (Å²) in [5, 5.41) is 58.7. The summed E-state index contributed by atoms with van der Waals surface area (Å²) in [6.07, 6.45) is 18.3. The Kier molecular flexibility index (Phi) is 36.4. The van der Waals surface area contributed by atoms with Crippen molar-refractivity contribution in [2.24, 2.45) is 0 Å². The predicted octanol–water partition coefficient (Wildman–Crippen LogP) is 30.1. The quantitative estimate of drug-likeness (QED) is 0.0361. The van der Waals surface area contributed by atoms with E-state index in [0.717, 1.165) is 173 Å². The number of ether oxygens (including phenoxy) is 3. The van der Waals surface area contributed by atoms with Gasteiger partial charge in [-0.25, -0.2) is 27.5 Å². The van der Waals surface area contributed by atoms with Crippen molar-refractivity contribution < 1.29 is 56.9 Å². The van der Waals surface area contributed by atoms with Gasteiger partial charge >= 0.3 is 0 Å². The Hall–Kier alpha value is -15.5. The number of fused-ring (bicyclic) bond motifs is 9. The molecule has 720 valence electrons. The maximum atomic E-state index is 12.9. The highest BCUT2D eigenvalue weighted by Gasteiger charge is 2.17. The molecule has 144 heavy (non-hydrogen) atoms. The molecule has 22 aromatic rings. The highest BCUT2D eigenvalue weighted by atomic mass is 79.9. The Morgan fingerprint density at radius 1 is 0.285 bits per heavy atom. The number of pyridine rings is 9. The molecular weight excluding hydrogens is 2230 g/mol. The van der Waals surface area contributed by atoms with E-state index in [4.69, 9.17) is 19.9 Å². The SMILES string of the molecule is COc1c(Br)ccc2cc(Cc3ccc(F)cc3)cnc12.COc1cccc2cc(Br)cnc12.COc1cccc2cc(Cc3ccc(F)cc3)cnc12.Nc1cccc2cc(Br)cnc12.O=[N+]([O-])c1cccc2cc(Br)cnc12.O=[N+]([O-])c1cccc2cccnc12.Oc1c(Br)ccc2cc(Cc3ccc(F)cc3)cnc12.Oc1cccc2cc(Br)cnc12.Oc1cccc2cc(Cc3ccc(F)cc3)cnc12. The molecule has 9 heterocycles. The lowest BCUT2D eigenvalue weighted by molar-refractivity contribution is -0.383. The van der Waals surface area contributed by atoms with Gasteiger partial charge in [-0.05, 0) is 311 Å². The summed E-state index contributed by atoms with van der Waals surface area (Å²) < 4.78 is 72.6. The summed E-state index contributed by atoms with van der Waals surface area (Å²) in [6.45, 7) is 0. The van der Waals surface area contributed by atoms with Crippen LogP contribution >= 0.6 is 95.6 Å². The van der Waals surface area contributed by atoms with Crippen LogP contribution in [-0.2, 0) is 25.7 Å². The summed E-state index contributed by atoms with van der Waals surface area (Å²) in [7, 11) is 4.93. The van der Waals surface area contributed by atoms with Gasteiger partial charge in [-0.1, -0.05) is 152 Å². The second kappa shape index (κ2) is 50.3. The van der Waals surface area contributed by atoms with E-state index in [0.29, 0.717) is 44.9 Å². The van der Waals surface area contributed by atoms with Crippen molar-refractivity contribution in [1.82, 2.24) is 44.9 Å². The van der Waals surface area contributed by atoms with Crippen LogP contribution in [0.3, 0.4) is 0 Å². The summed E-state index contributed by atoms with van der Waals surface area (Å²) in [4.78, 5) is 58.5. The molecule has 0 amide bonds. The molecule has 0 fully saturated rings. The Morgan fingerprint density at radius 2 is 0.576 bits per heavy atom. The lowest BCUT2D eigenvalue weighted by Gasteiger charge is -2.08. The van der Waals surface area contributed by atoms with Crippen molar-refractivity contribution in [3.63, 3.8) is 0 Å². The number of phenols is 3. The number of non-ortho nitro benzene ring substituents is 2. The predicted molar refractivity (Wildman–Crippen MR) is 581 cm³/mol. The molecule has 22 nitrogen and oxygen atoms in total. The number of hydrogen-bond donors (Lipinski definition) is 4. The van der Waals surface area contributed by atoms with Gasteiger partial charge in [0.05, 0.1) is 51.3 Å². The van der Waals surface area contributed by atoms with E-state index in [1.165, 1.54) is 60.7 Å². The number of hydrogen-bond acceptors (Lipinski definition) is 20. The van der Waals surface area contributed by atoms with Crippen LogP contribution in [0, 0.1) is 43.5 Å². The normalized spacial score (nSPS) is 10.6. The van der Waals surface area contributed by atoms with E-state index in [-0.39, 0.29) is 51.9 Å². The van der Waals surface area contributed by atoms with E-state index in [2.05, 4.69) is 153 Å². The minimum absolute atomic E-state index is 0.0370. The summed E-state index contributed by atoms with van der Waals surface area (Å²) in [5.74, 6) is 1.98. The molecule has 0 spiro atoms. The molecule has 0 bridgehead atoms. The second-order valence-corrected chi connectivity index (χ2v) is 37.1. The van der Waals surface area contributed by atoms with Crippen LogP contribution in [0.25, 0.3) is 98.1 Å². The van der Waals surface area contributed by atoms with Crippen molar-refractivity contribution in [3.8, 4) is 34.5 Å². The van der Waals surface area contributed by atoms with Gasteiger partial charge in [0.1, 0.15) is 90.4 Å². The number of halogens is 10. The van der Waals surface area contributed by atoms with Gasteiger partial charge < -0.3 is 35.3 Å². The van der Waals surface area contributed by atoms with Crippen molar-refractivity contribution in [2.75, 3.05) is 27.1 Å². The average Bonchev–Trinajstić information content (AvgIpc) is 0.807. The Bertz CT molecular complexity index is 8250. The Balaban J connectivity index is 0.000000129. The van der Waals surface area contributed by atoms with Crippen LogP contribution in [0.15, 0.2) is 392 Å². The number of nitrogens with two attached hydrogens (primary N) is 1. The van der Waals surface area contributed by atoms with Crippen LogP contribution in [0.4, 0.5) is 34.6 Å². The van der Waals surface area contributed by atoms with Gasteiger partial charge in [0.2, 0.25) is 0 Å². The first-order chi connectivity index (χ1) is 69.6. The van der Waals surface area contributed by atoms with Crippen LogP contribution in [0.5, 0.6) is 34.5 Å². The summed E-state index contributed by atoms with van der Waals surface area (Å²) >= 11 is 20.0. The molecule has 0 aliphatic carbocycles. The molecule has 32 heteroatoms. The molecule has 0 atom stereocenters. The highest BCUT2D eigenvalue weighted by molar-refractivity contribution is 9.11. The minimum Gasteiger partial charge on any atom is -0.506 e. The fraction of sp³-hybridized carbons (Fsp3) is 0.0625. The molecule has 0 saturated heterocycles. The maximum absolute atomic E-state index is 12.9. The van der Waals surface area contributed by atoms with E-state index < -0.39 is 9.85 Å². The number of methoxy groups -OCH3 is 3. The molecule has 22 rings (SSSR count). The number of nitro benzene ring substituents is 2. The zero-order valence-corrected chi connectivity index (χ0v) is 86.0. The maximum Gasteiger partial charge on any atom is 0.295 e. The number of anilines is 1. The molecule has 0 aliphatic heterocycles. The fourth-order valence-corrected chi connectivity index (χ4v) is 17.1. The van der Waals surface area contributed by atoms with Crippen molar-refractivity contribution >= 4 is 211 Å². The molecule has 0 radical (unpaired) electrons. The van der Waals surface area contributed by atoms with Gasteiger partial charge in [0.25, 0.3) is 11.4 Å². The Morgan fingerprint density at radius 3 is 0.993 bits per heavy atom. The Labute approximate surface area is 872 Å². The fourth-order valence-electron chi connectivity index (χ4n) is 14.9. The zero-order valence-electron chi connectivity index (χ0n) is 76.4. The van der Waals surface area contributed by atoms with Gasteiger partial charge in [-0.2, -0.15) is 0 Å². The topological polar surface area (TPSA) is 317 Å². The van der Waals surface area contributed by atoms with Crippen molar-refractivity contribution in [1.29, 1.82) is 0 Å². The summed E-state index contributed by atoms with van der Waals surface area (Å²) in [5.41, 5.74) is 21.1. The minimum atomic E-state index is -0.427. The molecule has 13 aromatic carbocycles. The molecule has 5 N–H and O–H groups in total. The first-order valence-electron chi connectivity index (χ1n) is 43.7. The molecule has 0 unspecified atom stereocenters. The van der Waals surface area contributed by atoms with Crippen LogP contribution in [0.1, 0.15) is 44.5 Å². The van der Waals surface area contributed by atoms with E-state index in [1.54, 1.807) is 186 Å². The molecule has 0 saturated carbocycles. The van der Waals surface area contributed by atoms with Crippen LogP contribution in [-0.4, -0.2) is 91.4 Å². The zero-order chi connectivity index (χ0) is 102. The monoisotopic (exact) mass is 2300 g/mol. The van der Waals surface area contributed by atoms with E-state index in [1.807, 2.05) is 128 Å². The smallest absolute Gasteiger partial charge is 0.295 e. The number of phenolic OH excluding ortho intramolecular Hbond substituents is 3. The standard InChI is InChI=1S/C17H13BrFNO.C17H14FNO.C16H11BrFNO.C16H12FNO.C10H8BrNO.C9H5BrN2O2.C9H7BrN2.C9H6BrNO.C9H6N2O2/c1-21-17-15(18)7-4-13-9-12(10-20-16(13)17)8-11-2-5-14(19)6-3-11;1-20-16-4-2-3-14-10-13(11-19-17(14)16)9-12-5-7-15(18)8-6-12;17-14-6-3-12-8-11(9-19-15(12)16(14)20)7-10-1-4-13(18)5-2-10;17-14-6-4-11(5-7-14)8-12-9-13-2-1-3-15(19)16(13)18-10-12;1-13-9-4-2-3-7-5-8(11)6-12-10(7)9;10-7-4-6-2-1-3-8(12(13)14)9(6)11-5-7;10-7-4-6-2-1-3-8(11)9(6)12-5-7;10-7-4-6-2-1-3-8(12)9(6)11-5-7;12-11(13)8-5-1-3-7-4-2-6-10-9(7)8/h2-7,9-10H,8H2,1H3;2-8,10-11H,9H2,1H3;1-6,8-9,20H,7H2;1-7,9-10,19H,8H2;2-6H,1H3;1-5H;1-5H,11H2;1-5,12H;1-6H. The van der Waals surface area contributed by atoms with Crippen LogP contribution < -0.4 is 19.9 Å². The third kappa shape index (κ3) is 28.3.